The van der Waals surface area contributed by atoms with Crippen molar-refractivity contribution < 1.29 is 20.1 Å². The Kier molecular flexibility index (Phi) is 2.99. The first-order valence-electron chi connectivity index (χ1n) is 5.02. The SMILES string of the molecule is NC(Cc1cn(OO)c2ccccc12)C(=O)O. The smallest absolute Gasteiger partial charge is 0.320 e. The van der Waals surface area contributed by atoms with Crippen LogP contribution in [0.5, 0.6) is 0 Å². The fourth-order valence-corrected chi connectivity index (χ4v) is 1.77. The Morgan fingerprint density at radius 2 is 2.18 bits per heavy atom. The van der Waals surface area contributed by atoms with Crippen molar-refractivity contribution in [2.45, 2.75) is 12.5 Å². The third-order valence-electron chi connectivity index (χ3n) is 2.61. The molecule has 0 aliphatic heterocycles. The second-order valence-corrected chi connectivity index (χ2v) is 3.73. The summed E-state index contributed by atoms with van der Waals surface area (Å²) in [6.45, 7) is 0. The van der Waals surface area contributed by atoms with Gasteiger partial charge in [-0.2, -0.15) is 9.99 Å². The number of fused-ring (bicyclic) bond motifs is 1. The van der Waals surface area contributed by atoms with Crippen molar-refractivity contribution in [2.75, 3.05) is 0 Å². The molecule has 0 spiro atoms. The van der Waals surface area contributed by atoms with E-state index in [-0.39, 0.29) is 6.42 Å². The Hall–Kier alpha value is -2.05. The van der Waals surface area contributed by atoms with Gasteiger partial charge in [-0.1, -0.05) is 18.2 Å². The van der Waals surface area contributed by atoms with Gasteiger partial charge >= 0.3 is 5.97 Å². The molecule has 0 fully saturated rings. The zero-order chi connectivity index (χ0) is 12.4. The first kappa shape index (κ1) is 11.4. The van der Waals surface area contributed by atoms with Crippen LogP contribution in [0.2, 0.25) is 0 Å². The Morgan fingerprint density at radius 1 is 1.47 bits per heavy atom. The highest BCUT2D eigenvalue weighted by molar-refractivity contribution is 5.84. The van der Waals surface area contributed by atoms with Gasteiger partial charge in [-0.15, -0.1) is 0 Å². The number of nitrogens with zero attached hydrogens (tertiary/aromatic N) is 1. The zero-order valence-corrected chi connectivity index (χ0v) is 8.91. The van der Waals surface area contributed by atoms with E-state index in [9.17, 15) is 4.79 Å². The number of benzene rings is 1. The average molecular weight is 236 g/mol. The van der Waals surface area contributed by atoms with Crippen molar-refractivity contribution >= 4 is 16.9 Å². The molecular weight excluding hydrogens is 224 g/mol. The quantitative estimate of drug-likeness (QED) is 0.530. The first-order valence-corrected chi connectivity index (χ1v) is 5.02. The van der Waals surface area contributed by atoms with E-state index in [2.05, 4.69) is 4.99 Å². The van der Waals surface area contributed by atoms with Crippen LogP contribution >= 0.6 is 0 Å². The fraction of sp³-hybridized carbons (Fsp3) is 0.182. The number of para-hydroxylation sites is 1. The average Bonchev–Trinajstić information content (AvgIpc) is 2.68. The van der Waals surface area contributed by atoms with Gasteiger partial charge in [-0.3, -0.25) is 4.79 Å². The molecule has 0 saturated carbocycles. The summed E-state index contributed by atoms with van der Waals surface area (Å²) in [5, 5.41) is 18.3. The number of carboxylic acids is 1. The van der Waals surface area contributed by atoms with Gasteiger partial charge in [-0.25, -0.2) is 4.99 Å². The lowest BCUT2D eigenvalue weighted by Gasteiger charge is -2.04. The monoisotopic (exact) mass is 236 g/mol. The van der Waals surface area contributed by atoms with Crippen LogP contribution in [0.1, 0.15) is 5.56 Å². The third kappa shape index (κ3) is 2.08. The standard InChI is InChI=1S/C11H12N2O4/c12-9(11(14)15)5-7-6-13(17-16)10-4-2-1-3-8(7)10/h1-4,6,9,16H,5,12H2,(H,14,15). The molecule has 6 heteroatoms. The molecule has 4 N–H and O–H groups in total. The van der Waals surface area contributed by atoms with Crippen LogP contribution in [0, 0.1) is 0 Å². The lowest BCUT2D eigenvalue weighted by atomic mass is 10.1. The Morgan fingerprint density at radius 3 is 2.82 bits per heavy atom. The maximum absolute atomic E-state index is 10.7. The molecule has 0 saturated heterocycles. The van der Waals surface area contributed by atoms with Crippen molar-refractivity contribution in [1.29, 1.82) is 0 Å². The summed E-state index contributed by atoms with van der Waals surface area (Å²) in [6.07, 6.45) is 1.69. The lowest BCUT2D eigenvalue weighted by Crippen LogP contribution is -2.32. The van der Waals surface area contributed by atoms with E-state index in [1.165, 1.54) is 10.9 Å². The second-order valence-electron chi connectivity index (χ2n) is 3.73. The third-order valence-corrected chi connectivity index (χ3v) is 2.61. The van der Waals surface area contributed by atoms with Gasteiger partial charge < -0.3 is 10.8 Å². The van der Waals surface area contributed by atoms with Crippen LogP contribution in [0.3, 0.4) is 0 Å². The normalized spacial score (nSPS) is 12.6. The number of carboxylic acid groups (broad SMARTS) is 1. The molecular formula is C11H12N2O4. The number of hydrogen-bond acceptors (Lipinski definition) is 4. The maximum atomic E-state index is 10.7. The summed E-state index contributed by atoms with van der Waals surface area (Å²) in [4.78, 5) is 14.9. The van der Waals surface area contributed by atoms with Gasteiger partial charge in [0.1, 0.15) is 6.04 Å². The Bertz CT molecular complexity index is 549. The summed E-state index contributed by atoms with van der Waals surface area (Å²) in [5.74, 6) is -1.06. The molecule has 17 heavy (non-hydrogen) atoms. The number of aromatic nitrogens is 1. The summed E-state index contributed by atoms with van der Waals surface area (Å²) < 4.78 is 1.17. The minimum Gasteiger partial charge on any atom is -0.480 e. The summed E-state index contributed by atoms with van der Waals surface area (Å²) in [5.41, 5.74) is 6.85. The zero-order valence-electron chi connectivity index (χ0n) is 8.91. The van der Waals surface area contributed by atoms with Crippen LogP contribution in [-0.2, 0) is 11.2 Å². The van der Waals surface area contributed by atoms with E-state index in [0.717, 1.165) is 5.39 Å². The molecule has 0 aliphatic carbocycles. The molecule has 1 aromatic heterocycles. The van der Waals surface area contributed by atoms with Crippen LogP contribution in [0.4, 0.5) is 0 Å². The number of hydrogen-bond donors (Lipinski definition) is 3. The predicted octanol–water partition coefficient (Wildman–Crippen LogP) is 0.497. The number of aliphatic carboxylic acids is 1. The van der Waals surface area contributed by atoms with E-state index < -0.39 is 12.0 Å². The van der Waals surface area contributed by atoms with Crippen LogP contribution in [0.25, 0.3) is 10.9 Å². The number of carbonyl (C=O) groups is 1. The highest BCUT2D eigenvalue weighted by Gasteiger charge is 2.16. The number of rotatable bonds is 4. The molecule has 1 atom stereocenters. The van der Waals surface area contributed by atoms with Crippen molar-refractivity contribution in [1.82, 2.24) is 4.73 Å². The molecule has 90 valence electrons. The van der Waals surface area contributed by atoms with Crippen molar-refractivity contribution in [2.24, 2.45) is 5.73 Å². The van der Waals surface area contributed by atoms with Gasteiger partial charge in [0, 0.05) is 11.8 Å². The topological polar surface area (TPSA) is 97.7 Å². The molecule has 0 bridgehead atoms. The van der Waals surface area contributed by atoms with Gasteiger partial charge in [0.05, 0.1) is 11.7 Å². The molecule has 2 aromatic rings. The van der Waals surface area contributed by atoms with Gasteiger partial charge in [0.15, 0.2) is 0 Å². The summed E-state index contributed by atoms with van der Waals surface area (Å²) in [7, 11) is 0. The summed E-state index contributed by atoms with van der Waals surface area (Å²) >= 11 is 0. The Labute approximate surface area is 96.7 Å². The highest BCUT2D eigenvalue weighted by atomic mass is 17.2. The molecule has 1 heterocycles. The molecule has 2 rings (SSSR count). The van der Waals surface area contributed by atoms with Gasteiger partial charge in [0.25, 0.3) is 0 Å². The fourth-order valence-electron chi connectivity index (χ4n) is 1.77. The number of nitrogens with two attached hydrogens (primary N) is 1. The molecule has 6 nitrogen and oxygen atoms in total. The van der Waals surface area contributed by atoms with E-state index in [4.69, 9.17) is 16.1 Å². The molecule has 0 radical (unpaired) electrons. The lowest BCUT2D eigenvalue weighted by molar-refractivity contribution is -0.238. The van der Waals surface area contributed by atoms with E-state index in [1.54, 1.807) is 12.1 Å². The van der Waals surface area contributed by atoms with Crippen LogP contribution < -0.4 is 10.7 Å². The predicted molar refractivity (Wildman–Crippen MR) is 60.5 cm³/mol. The molecule has 0 aliphatic rings. The highest BCUT2D eigenvalue weighted by Crippen LogP contribution is 2.21. The van der Waals surface area contributed by atoms with Crippen LogP contribution in [-0.4, -0.2) is 27.1 Å². The van der Waals surface area contributed by atoms with Gasteiger partial charge in [0.2, 0.25) is 0 Å². The van der Waals surface area contributed by atoms with Crippen LogP contribution in [0.15, 0.2) is 30.5 Å². The maximum Gasteiger partial charge on any atom is 0.320 e. The molecule has 1 aromatic carbocycles. The molecule has 1 unspecified atom stereocenters. The largest absolute Gasteiger partial charge is 0.480 e. The van der Waals surface area contributed by atoms with E-state index in [0.29, 0.717) is 11.1 Å². The first-order chi connectivity index (χ1) is 8.13. The summed E-state index contributed by atoms with van der Waals surface area (Å²) in [6, 6.07) is 6.20. The molecule has 0 amide bonds. The van der Waals surface area contributed by atoms with Crippen molar-refractivity contribution in [3.63, 3.8) is 0 Å². The van der Waals surface area contributed by atoms with Crippen molar-refractivity contribution in [3.05, 3.63) is 36.0 Å². The van der Waals surface area contributed by atoms with Crippen molar-refractivity contribution in [3.8, 4) is 0 Å². The van der Waals surface area contributed by atoms with E-state index in [1.807, 2.05) is 12.1 Å². The Balaban J connectivity index is 2.44. The minimum atomic E-state index is -1.06. The minimum absolute atomic E-state index is 0.173. The van der Waals surface area contributed by atoms with Gasteiger partial charge in [-0.05, 0) is 11.6 Å². The van der Waals surface area contributed by atoms with E-state index >= 15 is 0 Å². The second kappa shape index (κ2) is 4.44.